The number of thioether (sulfide) groups is 1. The van der Waals surface area contributed by atoms with Crippen molar-refractivity contribution in [3.63, 3.8) is 0 Å². The van der Waals surface area contributed by atoms with Gasteiger partial charge in [-0.15, -0.1) is 0 Å². The van der Waals surface area contributed by atoms with Crippen molar-refractivity contribution in [1.82, 2.24) is 10.2 Å². The number of methoxy groups -OCH3 is 1. The number of nitrogens with zero attached hydrogens (tertiary/aromatic N) is 1. The van der Waals surface area contributed by atoms with Gasteiger partial charge in [0.1, 0.15) is 5.70 Å². The molecule has 0 radical (unpaired) electrons. The number of β-lactam (4-membered cyclic amide) rings is 1. The third-order valence-electron chi connectivity index (χ3n) is 4.49. The maximum Gasteiger partial charge on any atom is 0.352 e. The zero-order valence-corrected chi connectivity index (χ0v) is 15.7. The number of fused-ring (bicyclic) bond motifs is 1. The van der Waals surface area contributed by atoms with Crippen molar-refractivity contribution in [3.05, 3.63) is 47.2 Å². The first kappa shape index (κ1) is 19.4. The lowest BCUT2D eigenvalue weighted by molar-refractivity contribution is -0.258. The molecule has 8 nitrogen and oxygen atoms in total. The molecule has 0 aliphatic carbocycles. The maximum atomic E-state index is 12.8. The van der Waals surface area contributed by atoms with Crippen LogP contribution < -0.4 is 5.32 Å². The van der Waals surface area contributed by atoms with Crippen molar-refractivity contribution in [2.24, 2.45) is 0 Å². The molecule has 1 fully saturated rings. The number of nitrogens with one attached hydrogen (secondary N) is 1. The number of carboxylic acid groups (broad SMARTS) is 1. The van der Waals surface area contributed by atoms with Crippen molar-refractivity contribution in [2.45, 2.75) is 18.4 Å². The summed E-state index contributed by atoms with van der Waals surface area (Å²) in [6, 6.07) is 9.06. The van der Waals surface area contributed by atoms with Crippen LogP contribution in [0.25, 0.3) is 0 Å². The van der Waals surface area contributed by atoms with Crippen LogP contribution in [0.3, 0.4) is 0 Å². The molecule has 0 aromatic heterocycles. The van der Waals surface area contributed by atoms with Gasteiger partial charge < -0.3 is 19.9 Å². The summed E-state index contributed by atoms with van der Waals surface area (Å²) < 4.78 is 11.0. The van der Waals surface area contributed by atoms with E-state index in [2.05, 4.69) is 5.32 Å². The Hall–Kier alpha value is -2.36. The van der Waals surface area contributed by atoms with E-state index in [0.29, 0.717) is 11.3 Å². The lowest BCUT2D eigenvalue weighted by atomic mass is 9.94. The molecule has 1 aromatic rings. The number of rotatable bonds is 7. The van der Waals surface area contributed by atoms with Crippen LogP contribution in [0.1, 0.15) is 5.56 Å². The van der Waals surface area contributed by atoms with Gasteiger partial charge >= 0.3 is 5.97 Å². The number of hydrogen-bond acceptors (Lipinski definition) is 6. The Bertz CT molecular complexity index is 796. The minimum atomic E-state index is -1.72. The monoisotopic (exact) mass is 392 g/mol. The third kappa shape index (κ3) is 3.33. The smallest absolute Gasteiger partial charge is 0.352 e. The van der Waals surface area contributed by atoms with E-state index < -0.39 is 29.7 Å². The minimum absolute atomic E-state index is 0.0522. The first-order valence-electron chi connectivity index (χ1n) is 8.24. The quantitative estimate of drug-likeness (QED) is 0.517. The first-order chi connectivity index (χ1) is 12.9. The van der Waals surface area contributed by atoms with Crippen molar-refractivity contribution in [2.75, 3.05) is 25.7 Å². The lowest BCUT2D eigenvalue weighted by Gasteiger charge is -2.55. The molecule has 9 heteroatoms. The standard InChI is InChI=1S/C18H20N2O6S/c1-25-18(19-13(21)8-11-6-4-3-5-7-11)16(24)20-14(15(22)23)12(10-27-2)9-26-17(18)20/h3-7,17H,8-10H2,1-2H3,(H,19,21)(H,22,23)/t17-,18+/m1/s1. The Morgan fingerprint density at radius 1 is 1.41 bits per heavy atom. The van der Waals surface area contributed by atoms with Crippen LogP contribution in [0.4, 0.5) is 0 Å². The average molecular weight is 392 g/mol. The topological polar surface area (TPSA) is 105 Å². The minimum Gasteiger partial charge on any atom is -0.477 e. The number of hydrogen-bond donors (Lipinski definition) is 2. The summed E-state index contributed by atoms with van der Waals surface area (Å²) in [4.78, 5) is 38.0. The molecule has 1 aromatic carbocycles. The highest BCUT2D eigenvalue weighted by molar-refractivity contribution is 7.98. The van der Waals surface area contributed by atoms with Gasteiger partial charge in [0, 0.05) is 12.9 Å². The lowest BCUT2D eigenvalue weighted by Crippen LogP contribution is -2.82. The molecule has 2 atom stereocenters. The van der Waals surface area contributed by atoms with Gasteiger partial charge in [-0.25, -0.2) is 4.79 Å². The Morgan fingerprint density at radius 3 is 2.70 bits per heavy atom. The van der Waals surface area contributed by atoms with Gasteiger partial charge in [0.25, 0.3) is 11.6 Å². The van der Waals surface area contributed by atoms with Crippen LogP contribution in [-0.4, -0.2) is 65.5 Å². The molecule has 27 heavy (non-hydrogen) atoms. The molecule has 2 aliphatic heterocycles. The van der Waals surface area contributed by atoms with Crippen molar-refractivity contribution < 1.29 is 29.0 Å². The van der Waals surface area contributed by atoms with Crippen LogP contribution in [0.5, 0.6) is 0 Å². The van der Waals surface area contributed by atoms with Crippen molar-refractivity contribution in [3.8, 4) is 0 Å². The fourth-order valence-electron chi connectivity index (χ4n) is 3.26. The van der Waals surface area contributed by atoms with Crippen molar-refractivity contribution in [1.29, 1.82) is 0 Å². The summed E-state index contributed by atoms with van der Waals surface area (Å²) in [5.41, 5.74) is -0.532. The molecule has 3 rings (SSSR count). The van der Waals surface area contributed by atoms with Gasteiger partial charge in [0.15, 0.2) is 6.23 Å². The Kier molecular flexibility index (Phi) is 5.54. The van der Waals surface area contributed by atoms with E-state index in [1.807, 2.05) is 24.5 Å². The van der Waals surface area contributed by atoms with Gasteiger partial charge in [-0.05, 0) is 17.4 Å². The summed E-state index contributed by atoms with van der Waals surface area (Å²) in [5.74, 6) is -1.86. The number of ether oxygens (including phenoxy) is 2. The molecule has 144 valence electrons. The molecule has 0 spiro atoms. The van der Waals surface area contributed by atoms with E-state index in [1.165, 1.54) is 18.9 Å². The molecular formula is C18H20N2O6S. The third-order valence-corrected chi connectivity index (χ3v) is 5.12. The van der Waals surface area contributed by atoms with E-state index in [4.69, 9.17) is 9.47 Å². The van der Waals surface area contributed by atoms with Crippen LogP contribution in [-0.2, 0) is 30.3 Å². The summed E-state index contributed by atoms with van der Waals surface area (Å²) >= 11 is 1.44. The average Bonchev–Trinajstić information content (AvgIpc) is 2.66. The van der Waals surface area contributed by atoms with Crippen LogP contribution in [0.2, 0.25) is 0 Å². The molecule has 2 N–H and O–H groups in total. The van der Waals surface area contributed by atoms with Gasteiger partial charge in [0.2, 0.25) is 5.91 Å². The number of carbonyl (C=O) groups excluding carboxylic acids is 2. The number of benzene rings is 1. The van der Waals surface area contributed by atoms with Crippen molar-refractivity contribution >= 4 is 29.5 Å². The molecule has 2 aliphatic rings. The fourth-order valence-corrected chi connectivity index (χ4v) is 3.83. The summed E-state index contributed by atoms with van der Waals surface area (Å²) in [6.45, 7) is 0.0522. The second kappa shape index (κ2) is 7.71. The second-order valence-corrected chi connectivity index (χ2v) is 7.05. The SMILES string of the molecule is CO[C@@]1(NC(=O)Cc2ccccc2)C(=O)N2C(C(=O)O)=C(CSC)CO[C@@H]21. The maximum absolute atomic E-state index is 12.8. The molecule has 2 heterocycles. The normalized spacial score (nSPS) is 24.3. The van der Waals surface area contributed by atoms with Gasteiger partial charge in [-0.3, -0.25) is 14.5 Å². The number of carbonyl (C=O) groups is 3. The summed E-state index contributed by atoms with van der Waals surface area (Å²) in [5, 5.41) is 12.1. The van der Waals surface area contributed by atoms with Crippen LogP contribution >= 0.6 is 11.8 Å². The fraction of sp³-hybridized carbons (Fsp3) is 0.389. The number of aliphatic carboxylic acids is 1. The van der Waals surface area contributed by atoms with Gasteiger partial charge in [-0.2, -0.15) is 11.8 Å². The van der Waals surface area contributed by atoms with Gasteiger partial charge in [0.05, 0.1) is 13.0 Å². The Morgan fingerprint density at radius 2 is 2.11 bits per heavy atom. The summed E-state index contributed by atoms with van der Waals surface area (Å²) in [7, 11) is 1.28. The highest BCUT2D eigenvalue weighted by atomic mass is 32.2. The molecule has 1 saturated heterocycles. The van der Waals surface area contributed by atoms with Gasteiger partial charge in [-0.1, -0.05) is 30.3 Å². The highest BCUT2D eigenvalue weighted by Crippen LogP contribution is 2.40. The van der Waals surface area contributed by atoms with E-state index in [-0.39, 0.29) is 18.7 Å². The number of amides is 2. The zero-order chi connectivity index (χ0) is 19.6. The molecule has 0 saturated carbocycles. The number of carboxylic acids is 1. The highest BCUT2D eigenvalue weighted by Gasteiger charge is 2.67. The predicted molar refractivity (Wildman–Crippen MR) is 97.7 cm³/mol. The van der Waals surface area contributed by atoms with Crippen LogP contribution in [0, 0.1) is 0 Å². The molecule has 0 unspecified atom stereocenters. The van der Waals surface area contributed by atoms with E-state index in [9.17, 15) is 19.5 Å². The molecule has 0 bridgehead atoms. The predicted octanol–water partition coefficient (Wildman–Crippen LogP) is 0.588. The first-order valence-corrected chi connectivity index (χ1v) is 9.63. The zero-order valence-electron chi connectivity index (χ0n) is 14.9. The second-order valence-electron chi connectivity index (χ2n) is 6.18. The Labute approximate surface area is 160 Å². The Balaban J connectivity index is 1.81. The summed E-state index contributed by atoms with van der Waals surface area (Å²) in [6.07, 6.45) is 0.872. The van der Waals surface area contributed by atoms with Crippen LogP contribution in [0.15, 0.2) is 41.6 Å². The molecular weight excluding hydrogens is 372 g/mol. The largest absolute Gasteiger partial charge is 0.477 e. The van der Waals surface area contributed by atoms with E-state index in [0.717, 1.165) is 10.5 Å². The van der Waals surface area contributed by atoms with E-state index in [1.54, 1.807) is 12.1 Å². The molecule has 2 amide bonds. The van der Waals surface area contributed by atoms with E-state index >= 15 is 0 Å².